The zero-order chi connectivity index (χ0) is 20.7. The molecule has 5 rings (SSSR count). The van der Waals surface area contributed by atoms with Crippen molar-refractivity contribution in [3.63, 3.8) is 0 Å². The van der Waals surface area contributed by atoms with E-state index in [0.29, 0.717) is 10.7 Å². The Labute approximate surface area is 179 Å². The highest BCUT2D eigenvalue weighted by Gasteiger charge is 2.32. The zero-order valence-corrected chi connectivity index (χ0v) is 18.2. The number of carbonyl (C=O) groups excluding carboxylic acids is 1. The lowest BCUT2D eigenvalue weighted by Crippen LogP contribution is -2.34. The van der Waals surface area contributed by atoms with E-state index in [9.17, 15) is 4.79 Å². The number of fused-ring (bicyclic) bond motifs is 1. The maximum absolute atomic E-state index is 12.5. The molecule has 2 aliphatic heterocycles. The van der Waals surface area contributed by atoms with Crippen LogP contribution in [0.2, 0.25) is 0 Å². The molecule has 8 nitrogen and oxygen atoms in total. The predicted octanol–water partition coefficient (Wildman–Crippen LogP) is 2.85. The number of carbonyl (C=O) groups is 1. The molecule has 2 aliphatic rings. The molecular formula is C21H27N7OS. The van der Waals surface area contributed by atoms with Gasteiger partial charge in [-0.05, 0) is 63.4 Å². The van der Waals surface area contributed by atoms with Gasteiger partial charge in [-0.1, -0.05) is 11.3 Å². The molecule has 3 aromatic heterocycles. The quantitative estimate of drug-likeness (QED) is 0.693. The molecule has 2 fully saturated rings. The number of hydrogen-bond donors (Lipinski definition) is 1. The summed E-state index contributed by atoms with van der Waals surface area (Å²) in [5.41, 5.74) is 1.43. The summed E-state index contributed by atoms with van der Waals surface area (Å²) in [7, 11) is 4.03. The van der Waals surface area contributed by atoms with Gasteiger partial charge in [-0.15, -0.1) is 0 Å². The molecule has 1 atom stereocenters. The van der Waals surface area contributed by atoms with Crippen LogP contribution < -0.4 is 10.2 Å². The molecule has 0 saturated carbocycles. The van der Waals surface area contributed by atoms with Crippen LogP contribution in [0, 0.1) is 11.8 Å². The number of pyridine rings is 1. The van der Waals surface area contributed by atoms with E-state index in [1.165, 1.54) is 43.7 Å². The number of aromatic nitrogens is 4. The first kappa shape index (κ1) is 19.4. The Morgan fingerprint density at radius 1 is 1.10 bits per heavy atom. The molecule has 30 heavy (non-hydrogen) atoms. The molecule has 9 heteroatoms. The molecule has 0 radical (unpaired) electrons. The Balaban J connectivity index is 1.28. The first-order valence-corrected chi connectivity index (χ1v) is 11.4. The fraction of sp³-hybridized carbons (Fsp3) is 0.524. The molecule has 0 aromatic carbocycles. The van der Waals surface area contributed by atoms with Gasteiger partial charge in [0.05, 0.1) is 11.9 Å². The van der Waals surface area contributed by atoms with Crippen LogP contribution in [0.3, 0.4) is 0 Å². The normalized spacial score (nSPS) is 20.9. The average molecular weight is 426 g/mol. The smallest absolute Gasteiger partial charge is 0.284 e. The van der Waals surface area contributed by atoms with Gasteiger partial charge in [-0.3, -0.25) is 9.48 Å². The second-order valence-electron chi connectivity index (χ2n) is 8.51. The fourth-order valence-corrected chi connectivity index (χ4v) is 5.46. The van der Waals surface area contributed by atoms with Gasteiger partial charge in [0.15, 0.2) is 5.01 Å². The van der Waals surface area contributed by atoms with Crippen molar-refractivity contribution >= 4 is 39.1 Å². The van der Waals surface area contributed by atoms with E-state index in [2.05, 4.69) is 32.2 Å². The second kappa shape index (κ2) is 7.96. The number of thiazole rings is 1. The molecule has 1 N–H and O–H groups in total. The largest absolute Gasteiger partial charge is 0.356 e. The van der Waals surface area contributed by atoms with Crippen molar-refractivity contribution in [2.75, 3.05) is 43.4 Å². The lowest BCUT2D eigenvalue weighted by atomic mass is 9.84. The Bertz CT molecular complexity index is 1050. The van der Waals surface area contributed by atoms with E-state index >= 15 is 0 Å². The van der Waals surface area contributed by atoms with Crippen LogP contribution in [0.5, 0.6) is 0 Å². The van der Waals surface area contributed by atoms with Gasteiger partial charge in [-0.25, -0.2) is 9.97 Å². The summed E-state index contributed by atoms with van der Waals surface area (Å²) >= 11 is 1.34. The molecule has 0 aliphatic carbocycles. The molecule has 2 saturated heterocycles. The molecule has 1 unspecified atom stereocenters. The van der Waals surface area contributed by atoms with E-state index in [0.717, 1.165) is 41.1 Å². The number of nitrogens with one attached hydrogen (secondary N) is 1. The number of likely N-dealkylation sites (tertiary alicyclic amines) is 1. The van der Waals surface area contributed by atoms with Gasteiger partial charge in [0.1, 0.15) is 16.2 Å². The lowest BCUT2D eigenvalue weighted by molar-refractivity contribution is 0.102. The van der Waals surface area contributed by atoms with Gasteiger partial charge < -0.3 is 15.1 Å². The summed E-state index contributed by atoms with van der Waals surface area (Å²) in [6.07, 6.45) is 7.25. The zero-order valence-electron chi connectivity index (χ0n) is 17.4. The summed E-state index contributed by atoms with van der Waals surface area (Å²) in [5.74, 6) is 2.37. The van der Waals surface area contributed by atoms with Gasteiger partial charge in [0.25, 0.3) is 5.91 Å². The van der Waals surface area contributed by atoms with Crippen LogP contribution in [-0.4, -0.2) is 63.8 Å². The van der Waals surface area contributed by atoms with E-state index in [4.69, 9.17) is 4.98 Å². The number of anilines is 2. The minimum atomic E-state index is -0.226. The van der Waals surface area contributed by atoms with Crippen molar-refractivity contribution < 1.29 is 4.79 Å². The van der Waals surface area contributed by atoms with Crippen molar-refractivity contribution in [2.24, 2.45) is 18.9 Å². The van der Waals surface area contributed by atoms with Crippen LogP contribution in [-0.2, 0) is 7.05 Å². The molecule has 3 aromatic rings. The minimum Gasteiger partial charge on any atom is -0.356 e. The number of amides is 1. The number of piperidine rings is 1. The van der Waals surface area contributed by atoms with E-state index in [1.807, 2.05) is 19.2 Å². The van der Waals surface area contributed by atoms with Crippen LogP contribution in [0.25, 0.3) is 10.3 Å². The third kappa shape index (κ3) is 3.91. The van der Waals surface area contributed by atoms with E-state index in [-0.39, 0.29) is 5.91 Å². The number of aryl methyl sites for hydroxylation is 1. The van der Waals surface area contributed by atoms with Gasteiger partial charge in [0, 0.05) is 26.3 Å². The maximum Gasteiger partial charge on any atom is 0.284 e. The predicted molar refractivity (Wildman–Crippen MR) is 119 cm³/mol. The molecule has 5 heterocycles. The highest BCUT2D eigenvalue weighted by atomic mass is 32.1. The van der Waals surface area contributed by atoms with Crippen molar-refractivity contribution in [3.8, 4) is 0 Å². The Hall–Kier alpha value is -2.52. The minimum absolute atomic E-state index is 0.226. The molecule has 0 bridgehead atoms. The summed E-state index contributed by atoms with van der Waals surface area (Å²) in [5, 5.41) is 7.33. The highest BCUT2D eigenvalue weighted by Crippen LogP contribution is 2.34. The van der Waals surface area contributed by atoms with Crippen molar-refractivity contribution in [1.29, 1.82) is 0 Å². The van der Waals surface area contributed by atoms with E-state index in [1.54, 1.807) is 17.1 Å². The Kier molecular flexibility index (Phi) is 5.16. The third-order valence-corrected chi connectivity index (χ3v) is 7.34. The number of hydrogen-bond acceptors (Lipinski definition) is 7. The maximum atomic E-state index is 12.5. The van der Waals surface area contributed by atoms with Crippen LogP contribution in [0.15, 0.2) is 24.5 Å². The van der Waals surface area contributed by atoms with Crippen LogP contribution >= 0.6 is 11.3 Å². The van der Waals surface area contributed by atoms with Crippen molar-refractivity contribution in [2.45, 2.75) is 19.3 Å². The average Bonchev–Trinajstić information content (AvgIpc) is 3.47. The third-order valence-electron chi connectivity index (χ3n) is 6.38. The first-order chi connectivity index (χ1) is 14.5. The molecule has 158 valence electrons. The summed E-state index contributed by atoms with van der Waals surface area (Å²) in [4.78, 5) is 27.5. The number of nitrogens with zero attached hydrogens (tertiary/aromatic N) is 6. The second-order valence-corrected chi connectivity index (χ2v) is 9.48. The SMILES string of the molecule is CN1CCC(C2CCN(c3ccc4nc(C(=O)Nc5cnn(C)c5)sc4n3)C2)CC1. The molecule has 0 spiro atoms. The molecular weight excluding hydrogens is 398 g/mol. The topological polar surface area (TPSA) is 79.2 Å². The van der Waals surface area contributed by atoms with Crippen molar-refractivity contribution in [3.05, 3.63) is 29.5 Å². The van der Waals surface area contributed by atoms with Crippen molar-refractivity contribution in [1.82, 2.24) is 24.6 Å². The monoisotopic (exact) mass is 425 g/mol. The highest BCUT2D eigenvalue weighted by molar-refractivity contribution is 7.20. The van der Waals surface area contributed by atoms with Gasteiger partial charge in [0.2, 0.25) is 0 Å². The molecule has 1 amide bonds. The lowest BCUT2D eigenvalue weighted by Gasteiger charge is -2.32. The first-order valence-electron chi connectivity index (χ1n) is 10.6. The Morgan fingerprint density at radius 2 is 1.90 bits per heavy atom. The number of rotatable bonds is 4. The standard InChI is InChI=1S/C21H27N7OS/c1-26-8-5-14(6-9-26)15-7-10-28(12-15)18-4-3-17-20(25-18)30-21(24-17)19(29)23-16-11-22-27(2)13-16/h3-4,11,13-15H,5-10,12H2,1-2H3,(H,23,29). The van der Waals surface area contributed by atoms with Gasteiger partial charge in [-0.2, -0.15) is 5.10 Å². The fourth-order valence-electron chi connectivity index (χ4n) is 4.63. The Morgan fingerprint density at radius 3 is 2.67 bits per heavy atom. The van der Waals surface area contributed by atoms with Crippen LogP contribution in [0.1, 0.15) is 29.1 Å². The van der Waals surface area contributed by atoms with Crippen LogP contribution in [0.4, 0.5) is 11.5 Å². The van der Waals surface area contributed by atoms with Gasteiger partial charge >= 0.3 is 0 Å². The summed E-state index contributed by atoms with van der Waals surface area (Å²) in [6, 6.07) is 4.03. The summed E-state index contributed by atoms with van der Waals surface area (Å²) in [6.45, 7) is 4.58. The summed E-state index contributed by atoms with van der Waals surface area (Å²) < 4.78 is 1.65. The van der Waals surface area contributed by atoms with E-state index < -0.39 is 0 Å².